The van der Waals surface area contributed by atoms with Crippen LogP contribution in [0.2, 0.25) is 0 Å². The SMILES string of the molecule is CCc1cc(C(CNC)NC)ccc1OC. The van der Waals surface area contributed by atoms with Crippen molar-refractivity contribution < 1.29 is 4.74 Å². The Balaban J connectivity index is 2.96. The third-order valence-electron chi connectivity index (χ3n) is 2.84. The van der Waals surface area contributed by atoms with Crippen LogP contribution in [-0.4, -0.2) is 27.7 Å². The van der Waals surface area contributed by atoms with Crippen molar-refractivity contribution in [3.05, 3.63) is 29.3 Å². The van der Waals surface area contributed by atoms with E-state index in [1.54, 1.807) is 7.11 Å². The number of aryl methyl sites for hydroxylation is 1. The minimum atomic E-state index is 0.348. The minimum Gasteiger partial charge on any atom is -0.496 e. The Morgan fingerprint density at radius 2 is 2.06 bits per heavy atom. The van der Waals surface area contributed by atoms with E-state index in [1.165, 1.54) is 11.1 Å². The molecule has 1 aromatic carbocycles. The van der Waals surface area contributed by atoms with Crippen LogP contribution in [0.4, 0.5) is 0 Å². The standard InChI is InChI=1S/C13H22N2O/c1-5-10-8-11(6-7-13(10)16-4)12(15-3)9-14-2/h6-8,12,14-15H,5,9H2,1-4H3. The van der Waals surface area contributed by atoms with Crippen molar-refractivity contribution in [1.29, 1.82) is 0 Å². The lowest BCUT2D eigenvalue weighted by atomic mass is 10.0. The second-order valence-electron chi connectivity index (χ2n) is 3.82. The molecule has 90 valence electrons. The Hall–Kier alpha value is -1.06. The van der Waals surface area contributed by atoms with Crippen LogP contribution in [0, 0.1) is 0 Å². The van der Waals surface area contributed by atoms with Gasteiger partial charge in [0.25, 0.3) is 0 Å². The fourth-order valence-electron chi connectivity index (χ4n) is 1.88. The zero-order valence-electron chi connectivity index (χ0n) is 10.6. The number of nitrogens with one attached hydrogen (secondary N) is 2. The third-order valence-corrected chi connectivity index (χ3v) is 2.84. The molecule has 0 saturated heterocycles. The summed E-state index contributed by atoms with van der Waals surface area (Å²) in [7, 11) is 5.67. The van der Waals surface area contributed by atoms with E-state index < -0.39 is 0 Å². The predicted molar refractivity (Wildman–Crippen MR) is 68.1 cm³/mol. The molecule has 2 N–H and O–H groups in total. The Morgan fingerprint density at radius 1 is 1.31 bits per heavy atom. The molecular formula is C13H22N2O. The smallest absolute Gasteiger partial charge is 0.122 e. The number of methoxy groups -OCH3 is 1. The summed E-state index contributed by atoms with van der Waals surface area (Å²) in [5.41, 5.74) is 2.56. The highest BCUT2D eigenvalue weighted by atomic mass is 16.5. The minimum absolute atomic E-state index is 0.348. The molecule has 0 saturated carbocycles. The molecule has 3 heteroatoms. The quantitative estimate of drug-likeness (QED) is 0.769. The molecule has 3 nitrogen and oxygen atoms in total. The van der Waals surface area contributed by atoms with Gasteiger partial charge in [-0.2, -0.15) is 0 Å². The van der Waals surface area contributed by atoms with E-state index in [0.717, 1.165) is 18.7 Å². The van der Waals surface area contributed by atoms with Gasteiger partial charge in [0.05, 0.1) is 7.11 Å². The molecule has 1 rings (SSSR count). The lowest BCUT2D eigenvalue weighted by Gasteiger charge is -2.18. The van der Waals surface area contributed by atoms with Crippen LogP contribution in [0.1, 0.15) is 24.1 Å². The Labute approximate surface area is 98.2 Å². The summed E-state index contributed by atoms with van der Waals surface area (Å²) in [6.07, 6.45) is 0.993. The first-order chi connectivity index (χ1) is 7.76. The van der Waals surface area contributed by atoms with Gasteiger partial charge in [-0.3, -0.25) is 0 Å². The largest absolute Gasteiger partial charge is 0.496 e. The van der Waals surface area contributed by atoms with Gasteiger partial charge in [0.15, 0.2) is 0 Å². The molecule has 0 radical (unpaired) electrons. The summed E-state index contributed by atoms with van der Waals surface area (Å²) >= 11 is 0. The molecule has 0 spiro atoms. The van der Waals surface area contributed by atoms with Gasteiger partial charge in [0, 0.05) is 12.6 Å². The summed E-state index contributed by atoms with van der Waals surface area (Å²) in [6.45, 7) is 3.07. The van der Waals surface area contributed by atoms with Crippen LogP contribution in [0.25, 0.3) is 0 Å². The van der Waals surface area contributed by atoms with Gasteiger partial charge in [-0.05, 0) is 37.7 Å². The van der Waals surface area contributed by atoms with Gasteiger partial charge >= 0.3 is 0 Å². The van der Waals surface area contributed by atoms with Crippen molar-refractivity contribution >= 4 is 0 Å². The molecule has 1 atom stereocenters. The summed E-state index contributed by atoms with van der Waals surface area (Å²) in [5.74, 6) is 0.977. The number of rotatable bonds is 6. The molecule has 0 aromatic heterocycles. The second kappa shape index (κ2) is 6.51. The van der Waals surface area contributed by atoms with E-state index >= 15 is 0 Å². The molecule has 0 amide bonds. The monoisotopic (exact) mass is 222 g/mol. The van der Waals surface area contributed by atoms with Gasteiger partial charge in [-0.25, -0.2) is 0 Å². The van der Waals surface area contributed by atoms with Gasteiger partial charge in [0.1, 0.15) is 5.75 Å². The Bertz CT molecular complexity index is 326. The molecule has 0 aliphatic rings. The van der Waals surface area contributed by atoms with Crippen molar-refractivity contribution in [2.45, 2.75) is 19.4 Å². The number of hydrogen-bond acceptors (Lipinski definition) is 3. The van der Waals surface area contributed by atoms with E-state index in [4.69, 9.17) is 4.74 Å². The molecule has 0 fully saturated rings. The Kier molecular flexibility index (Phi) is 5.29. The lowest BCUT2D eigenvalue weighted by molar-refractivity contribution is 0.409. The van der Waals surface area contributed by atoms with Crippen LogP contribution < -0.4 is 15.4 Å². The molecule has 0 aliphatic carbocycles. The summed E-state index contributed by atoms with van der Waals surface area (Å²) < 4.78 is 5.33. The number of ether oxygens (including phenoxy) is 1. The van der Waals surface area contributed by atoms with Crippen LogP contribution in [0.3, 0.4) is 0 Å². The average molecular weight is 222 g/mol. The van der Waals surface area contributed by atoms with Crippen LogP contribution >= 0.6 is 0 Å². The Morgan fingerprint density at radius 3 is 2.56 bits per heavy atom. The average Bonchev–Trinajstić information content (AvgIpc) is 2.35. The third kappa shape index (κ3) is 2.97. The van der Waals surface area contributed by atoms with Crippen molar-refractivity contribution in [2.24, 2.45) is 0 Å². The first-order valence-electron chi connectivity index (χ1n) is 5.75. The van der Waals surface area contributed by atoms with E-state index in [2.05, 4.69) is 29.7 Å². The van der Waals surface area contributed by atoms with Gasteiger partial charge in [-0.15, -0.1) is 0 Å². The van der Waals surface area contributed by atoms with Crippen molar-refractivity contribution in [3.8, 4) is 5.75 Å². The normalized spacial score (nSPS) is 12.5. The summed E-state index contributed by atoms with van der Waals surface area (Å²) in [6, 6.07) is 6.74. The number of likely N-dealkylation sites (N-methyl/N-ethyl adjacent to an activating group) is 2. The maximum atomic E-state index is 5.33. The maximum Gasteiger partial charge on any atom is 0.122 e. The van der Waals surface area contributed by atoms with Gasteiger partial charge in [0.2, 0.25) is 0 Å². The van der Waals surface area contributed by atoms with E-state index in [1.807, 2.05) is 20.2 Å². The van der Waals surface area contributed by atoms with E-state index in [-0.39, 0.29) is 0 Å². The van der Waals surface area contributed by atoms with Crippen molar-refractivity contribution in [3.63, 3.8) is 0 Å². The van der Waals surface area contributed by atoms with Crippen molar-refractivity contribution in [2.75, 3.05) is 27.7 Å². The van der Waals surface area contributed by atoms with Gasteiger partial charge < -0.3 is 15.4 Å². The number of hydrogen-bond donors (Lipinski definition) is 2. The first kappa shape index (κ1) is 13.0. The molecule has 16 heavy (non-hydrogen) atoms. The molecular weight excluding hydrogens is 200 g/mol. The fraction of sp³-hybridized carbons (Fsp3) is 0.538. The predicted octanol–water partition coefficient (Wildman–Crippen LogP) is 1.74. The lowest BCUT2D eigenvalue weighted by Crippen LogP contribution is -2.27. The summed E-state index contributed by atoms with van der Waals surface area (Å²) in [4.78, 5) is 0. The number of benzene rings is 1. The molecule has 0 aliphatic heterocycles. The summed E-state index contributed by atoms with van der Waals surface area (Å²) in [5, 5.41) is 6.49. The topological polar surface area (TPSA) is 33.3 Å². The highest BCUT2D eigenvalue weighted by Crippen LogP contribution is 2.23. The first-order valence-corrected chi connectivity index (χ1v) is 5.75. The molecule has 1 unspecified atom stereocenters. The highest BCUT2D eigenvalue weighted by molar-refractivity contribution is 5.38. The van der Waals surface area contributed by atoms with E-state index in [9.17, 15) is 0 Å². The fourth-order valence-corrected chi connectivity index (χ4v) is 1.88. The molecule has 1 aromatic rings. The maximum absolute atomic E-state index is 5.33. The van der Waals surface area contributed by atoms with Gasteiger partial charge in [-0.1, -0.05) is 19.1 Å². The molecule has 0 heterocycles. The zero-order chi connectivity index (χ0) is 12.0. The van der Waals surface area contributed by atoms with Crippen molar-refractivity contribution in [1.82, 2.24) is 10.6 Å². The zero-order valence-corrected chi connectivity index (χ0v) is 10.6. The van der Waals surface area contributed by atoms with Crippen LogP contribution in [0.5, 0.6) is 5.75 Å². The van der Waals surface area contributed by atoms with Crippen LogP contribution in [0.15, 0.2) is 18.2 Å². The second-order valence-corrected chi connectivity index (χ2v) is 3.82. The van der Waals surface area contributed by atoms with Crippen LogP contribution in [-0.2, 0) is 6.42 Å². The molecule has 0 bridgehead atoms. The highest BCUT2D eigenvalue weighted by Gasteiger charge is 2.10. The van der Waals surface area contributed by atoms with E-state index in [0.29, 0.717) is 6.04 Å².